The van der Waals surface area contributed by atoms with Gasteiger partial charge in [0, 0.05) is 6.92 Å². The Labute approximate surface area is 129 Å². The van der Waals surface area contributed by atoms with Crippen molar-refractivity contribution in [2.75, 3.05) is 31.1 Å². The summed E-state index contributed by atoms with van der Waals surface area (Å²) in [5.41, 5.74) is 0.641. The first kappa shape index (κ1) is 14.7. The van der Waals surface area contributed by atoms with Crippen molar-refractivity contribution in [1.29, 1.82) is 0 Å². The van der Waals surface area contributed by atoms with Gasteiger partial charge in [0.15, 0.2) is 6.04 Å². The summed E-state index contributed by atoms with van der Waals surface area (Å²) in [5.74, 6) is -0.191. The third-order valence-electron chi connectivity index (χ3n) is 4.50. The lowest BCUT2D eigenvalue weighted by molar-refractivity contribution is -0.918. The van der Waals surface area contributed by atoms with Gasteiger partial charge in [-0.25, -0.2) is 4.90 Å². The summed E-state index contributed by atoms with van der Waals surface area (Å²) in [6.07, 6.45) is 0.253. The van der Waals surface area contributed by atoms with Gasteiger partial charge in [0.25, 0.3) is 5.91 Å². The number of piperazine rings is 1. The van der Waals surface area contributed by atoms with E-state index in [4.69, 9.17) is 0 Å². The number of benzene rings is 1. The third-order valence-corrected chi connectivity index (χ3v) is 4.50. The van der Waals surface area contributed by atoms with E-state index in [0.717, 1.165) is 4.90 Å². The predicted octanol–water partition coefficient (Wildman–Crippen LogP) is -0.934. The molecule has 0 saturated carbocycles. The lowest BCUT2D eigenvalue weighted by Crippen LogP contribution is -3.19. The van der Waals surface area contributed by atoms with Crippen LogP contribution in [0.5, 0.6) is 0 Å². The van der Waals surface area contributed by atoms with Crippen LogP contribution in [0.1, 0.15) is 13.3 Å². The largest absolute Gasteiger partial charge is 0.332 e. The van der Waals surface area contributed by atoms with Crippen LogP contribution in [-0.2, 0) is 14.4 Å². The summed E-state index contributed by atoms with van der Waals surface area (Å²) in [7, 11) is 0. The van der Waals surface area contributed by atoms with Crippen molar-refractivity contribution in [1.82, 2.24) is 4.90 Å². The van der Waals surface area contributed by atoms with Crippen LogP contribution < -0.4 is 9.80 Å². The van der Waals surface area contributed by atoms with Gasteiger partial charge >= 0.3 is 0 Å². The van der Waals surface area contributed by atoms with E-state index in [1.54, 1.807) is 24.0 Å². The maximum atomic E-state index is 12.6. The Morgan fingerprint density at radius 1 is 1.14 bits per heavy atom. The molecule has 3 rings (SSSR count). The van der Waals surface area contributed by atoms with E-state index in [-0.39, 0.29) is 30.2 Å². The number of hydrogen-bond donors (Lipinski definition) is 1. The minimum Gasteiger partial charge on any atom is -0.332 e. The van der Waals surface area contributed by atoms with Gasteiger partial charge in [-0.15, -0.1) is 0 Å². The average molecular weight is 302 g/mol. The zero-order chi connectivity index (χ0) is 15.7. The molecule has 116 valence electrons. The smallest absolute Gasteiger partial charge is 0.292 e. The van der Waals surface area contributed by atoms with Crippen LogP contribution in [0.3, 0.4) is 0 Å². The predicted molar refractivity (Wildman–Crippen MR) is 80.3 cm³/mol. The van der Waals surface area contributed by atoms with E-state index >= 15 is 0 Å². The summed E-state index contributed by atoms with van der Waals surface area (Å²) < 4.78 is 0. The minimum atomic E-state index is -0.318. The fourth-order valence-electron chi connectivity index (χ4n) is 3.26. The standard InChI is InChI=1S/C16H19N3O3/c1-12(20)17-7-9-18(10-8-17)14-11-15(21)19(16(14)22)13-5-3-2-4-6-13/h2-6,14H,7-11H2,1H3/p+1/t14-/m0/s1. The lowest BCUT2D eigenvalue weighted by atomic mass is 10.1. The molecule has 2 fully saturated rings. The van der Waals surface area contributed by atoms with Crippen molar-refractivity contribution in [2.24, 2.45) is 0 Å². The molecule has 2 aliphatic heterocycles. The van der Waals surface area contributed by atoms with Gasteiger partial charge in [-0.2, -0.15) is 0 Å². The molecule has 0 aliphatic carbocycles. The number of carbonyl (C=O) groups is 3. The van der Waals surface area contributed by atoms with Gasteiger partial charge in [-0.1, -0.05) is 18.2 Å². The average Bonchev–Trinajstić information content (AvgIpc) is 2.83. The Morgan fingerprint density at radius 2 is 1.77 bits per heavy atom. The molecule has 0 aromatic heterocycles. The van der Waals surface area contributed by atoms with Crippen LogP contribution in [0, 0.1) is 0 Å². The number of amides is 3. The van der Waals surface area contributed by atoms with E-state index in [1.807, 2.05) is 18.2 Å². The van der Waals surface area contributed by atoms with Crippen molar-refractivity contribution >= 4 is 23.4 Å². The number of nitrogens with one attached hydrogen (secondary N) is 1. The highest BCUT2D eigenvalue weighted by Gasteiger charge is 2.46. The Hall–Kier alpha value is -2.21. The molecule has 22 heavy (non-hydrogen) atoms. The second-order valence-corrected chi connectivity index (χ2v) is 5.82. The van der Waals surface area contributed by atoms with Gasteiger partial charge in [0.1, 0.15) is 0 Å². The highest BCUT2D eigenvalue weighted by Crippen LogP contribution is 2.21. The van der Waals surface area contributed by atoms with Crippen molar-refractivity contribution in [2.45, 2.75) is 19.4 Å². The van der Waals surface area contributed by atoms with Crippen molar-refractivity contribution < 1.29 is 19.3 Å². The van der Waals surface area contributed by atoms with Crippen LogP contribution >= 0.6 is 0 Å². The highest BCUT2D eigenvalue weighted by atomic mass is 16.2. The Bertz CT molecular complexity index is 594. The van der Waals surface area contributed by atoms with E-state index in [2.05, 4.69) is 0 Å². The number of quaternary nitrogens is 1. The van der Waals surface area contributed by atoms with Gasteiger partial charge in [-0.3, -0.25) is 14.4 Å². The molecule has 2 saturated heterocycles. The quantitative estimate of drug-likeness (QED) is 0.718. The molecular formula is C16H20N3O3+. The van der Waals surface area contributed by atoms with E-state index < -0.39 is 0 Å². The van der Waals surface area contributed by atoms with Crippen molar-refractivity contribution in [3.05, 3.63) is 30.3 Å². The first-order chi connectivity index (χ1) is 10.6. The molecule has 6 nitrogen and oxygen atoms in total. The second kappa shape index (κ2) is 5.88. The van der Waals surface area contributed by atoms with E-state index in [9.17, 15) is 14.4 Å². The molecule has 1 atom stereocenters. The Balaban J connectivity index is 1.71. The Morgan fingerprint density at radius 3 is 2.36 bits per heavy atom. The number of anilines is 1. The molecule has 0 spiro atoms. The van der Waals surface area contributed by atoms with Crippen LogP contribution in [0.4, 0.5) is 5.69 Å². The fourth-order valence-corrected chi connectivity index (χ4v) is 3.26. The van der Waals surface area contributed by atoms with Crippen LogP contribution in [-0.4, -0.2) is 54.8 Å². The van der Waals surface area contributed by atoms with Gasteiger partial charge < -0.3 is 9.80 Å². The topological polar surface area (TPSA) is 62.1 Å². The normalized spacial score (nSPS) is 23.2. The van der Waals surface area contributed by atoms with Gasteiger partial charge in [-0.05, 0) is 12.1 Å². The number of rotatable bonds is 2. The SMILES string of the molecule is CC(=O)N1CC[NH+]([C@H]2CC(=O)N(c3ccccc3)C2=O)CC1. The van der Waals surface area contributed by atoms with Gasteiger partial charge in [0.2, 0.25) is 11.8 Å². The molecule has 2 heterocycles. The molecule has 2 aliphatic rings. The van der Waals surface area contributed by atoms with Crippen molar-refractivity contribution in [3.8, 4) is 0 Å². The summed E-state index contributed by atoms with van der Waals surface area (Å²) in [6, 6.07) is 8.74. The van der Waals surface area contributed by atoms with Gasteiger partial charge in [0.05, 0.1) is 38.3 Å². The zero-order valence-corrected chi connectivity index (χ0v) is 12.6. The molecule has 3 amide bonds. The molecule has 1 N–H and O–H groups in total. The maximum Gasteiger partial charge on any atom is 0.292 e. The summed E-state index contributed by atoms with van der Waals surface area (Å²) in [5, 5.41) is 0. The second-order valence-electron chi connectivity index (χ2n) is 5.82. The molecule has 0 radical (unpaired) electrons. The molecule has 1 aromatic carbocycles. The Kier molecular flexibility index (Phi) is 3.94. The monoisotopic (exact) mass is 302 g/mol. The summed E-state index contributed by atoms with van der Waals surface area (Å²) in [4.78, 5) is 40.4. The first-order valence-corrected chi connectivity index (χ1v) is 7.60. The maximum absolute atomic E-state index is 12.6. The van der Waals surface area contributed by atoms with Crippen molar-refractivity contribution in [3.63, 3.8) is 0 Å². The molecule has 6 heteroatoms. The van der Waals surface area contributed by atoms with Crippen LogP contribution in [0.15, 0.2) is 30.3 Å². The first-order valence-electron chi connectivity index (χ1n) is 7.60. The third kappa shape index (κ3) is 2.62. The number of imide groups is 1. The number of para-hydroxylation sites is 1. The molecule has 0 unspecified atom stereocenters. The zero-order valence-electron chi connectivity index (χ0n) is 12.6. The van der Waals surface area contributed by atoms with E-state index in [0.29, 0.717) is 31.9 Å². The molecular weight excluding hydrogens is 282 g/mol. The lowest BCUT2D eigenvalue weighted by Gasteiger charge is -2.33. The summed E-state index contributed by atoms with van der Waals surface area (Å²) in [6.45, 7) is 4.28. The number of hydrogen-bond acceptors (Lipinski definition) is 3. The van der Waals surface area contributed by atoms with Crippen LogP contribution in [0.25, 0.3) is 0 Å². The van der Waals surface area contributed by atoms with E-state index in [1.165, 1.54) is 4.90 Å². The number of carbonyl (C=O) groups excluding carboxylic acids is 3. The molecule has 0 bridgehead atoms. The summed E-state index contributed by atoms with van der Waals surface area (Å²) >= 11 is 0. The number of nitrogens with zero attached hydrogens (tertiary/aromatic N) is 2. The highest BCUT2D eigenvalue weighted by molar-refractivity contribution is 6.21. The minimum absolute atomic E-state index is 0.0683. The van der Waals surface area contributed by atoms with Crippen LogP contribution in [0.2, 0.25) is 0 Å². The molecule has 1 aromatic rings. The fraction of sp³-hybridized carbons (Fsp3) is 0.438.